The number of thioether (sulfide) groups is 1. The number of aliphatic imine (C=N–C) groups is 1. The standard InChI is InChI=1S/C23H37N5OS.HI/c1-19(20-6-5-7-21(16-20)27-9-3-4-10-27)26-22(24-2)25-17-23(8-15-30-18-23)28-11-13-29-14-12-28;/h5-7,16,19H,3-4,8-15,17-18H2,1-2H3,(H2,24,25,26);1H. The minimum Gasteiger partial charge on any atom is -0.379 e. The van der Waals surface area contributed by atoms with E-state index < -0.39 is 0 Å². The van der Waals surface area contributed by atoms with Gasteiger partial charge in [-0.15, -0.1) is 24.0 Å². The molecule has 0 radical (unpaired) electrons. The summed E-state index contributed by atoms with van der Waals surface area (Å²) < 4.78 is 5.59. The normalized spacial score (nSPS) is 25.9. The molecule has 3 heterocycles. The van der Waals surface area contributed by atoms with Crippen molar-refractivity contribution in [3.8, 4) is 0 Å². The van der Waals surface area contributed by atoms with Crippen LogP contribution in [0.4, 0.5) is 5.69 Å². The highest BCUT2D eigenvalue weighted by atomic mass is 127. The highest BCUT2D eigenvalue weighted by molar-refractivity contribution is 14.0. The van der Waals surface area contributed by atoms with Crippen LogP contribution in [-0.4, -0.2) is 80.9 Å². The number of nitrogens with one attached hydrogen (secondary N) is 2. The van der Waals surface area contributed by atoms with E-state index in [-0.39, 0.29) is 35.6 Å². The third kappa shape index (κ3) is 6.21. The lowest BCUT2D eigenvalue weighted by atomic mass is 9.95. The van der Waals surface area contributed by atoms with Gasteiger partial charge in [-0.3, -0.25) is 9.89 Å². The molecule has 0 amide bonds. The SMILES string of the molecule is CN=C(NCC1(N2CCOCC2)CCSC1)NC(C)c1cccc(N2CCCC2)c1.I. The Morgan fingerprint density at radius 1 is 1.23 bits per heavy atom. The van der Waals surface area contributed by atoms with E-state index in [1.54, 1.807) is 0 Å². The van der Waals surface area contributed by atoms with Crippen molar-refractivity contribution in [2.24, 2.45) is 4.99 Å². The number of rotatable bonds is 6. The first kappa shape index (κ1) is 24.9. The molecular weight excluding hydrogens is 521 g/mol. The molecule has 3 saturated heterocycles. The summed E-state index contributed by atoms with van der Waals surface area (Å²) in [7, 11) is 1.87. The van der Waals surface area contributed by atoms with Crippen LogP contribution in [0.5, 0.6) is 0 Å². The van der Waals surface area contributed by atoms with E-state index in [1.165, 1.54) is 55.1 Å². The molecule has 1 aromatic carbocycles. The van der Waals surface area contributed by atoms with Gasteiger partial charge in [-0.25, -0.2) is 0 Å². The molecular formula is C23H38IN5OS. The first-order chi connectivity index (χ1) is 14.7. The molecule has 1 aromatic rings. The van der Waals surface area contributed by atoms with Crippen LogP contribution in [0.25, 0.3) is 0 Å². The van der Waals surface area contributed by atoms with Gasteiger partial charge < -0.3 is 20.3 Å². The van der Waals surface area contributed by atoms with Crippen LogP contribution < -0.4 is 15.5 Å². The second-order valence-corrected chi connectivity index (χ2v) is 9.81. The Balaban J connectivity index is 0.00000272. The van der Waals surface area contributed by atoms with Gasteiger partial charge in [0.25, 0.3) is 0 Å². The van der Waals surface area contributed by atoms with Crippen LogP contribution in [0.1, 0.15) is 37.8 Å². The third-order valence-electron chi connectivity index (χ3n) is 6.77. The van der Waals surface area contributed by atoms with E-state index >= 15 is 0 Å². The lowest BCUT2D eigenvalue weighted by molar-refractivity contribution is -0.0120. The lowest BCUT2D eigenvalue weighted by Gasteiger charge is -2.43. The van der Waals surface area contributed by atoms with E-state index in [1.807, 2.05) is 7.05 Å². The van der Waals surface area contributed by atoms with E-state index in [9.17, 15) is 0 Å². The maximum absolute atomic E-state index is 5.59. The lowest BCUT2D eigenvalue weighted by Crippen LogP contribution is -2.60. The number of ether oxygens (including phenoxy) is 1. The Kier molecular flexibility index (Phi) is 9.61. The van der Waals surface area contributed by atoms with Crippen molar-refractivity contribution in [3.05, 3.63) is 29.8 Å². The van der Waals surface area contributed by atoms with Crippen molar-refractivity contribution < 1.29 is 4.74 Å². The number of halogens is 1. The Morgan fingerprint density at radius 3 is 2.68 bits per heavy atom. The van der Waals surface area contributed by atoms with E-state index in [4.69, 9.17) is 4.74 Å². The van der Waals surface area contributed by atoms with Gasteiger partial charge in [-0.05, 0) is 49.6 Å². The molecule has 0 aromatic heterocycles. The van der Waals surface area contributed by atoms with Crippen LogP contribution in [0.3, 0.4) is 0 Å². The van der Waals surface area contributed by atoms with Crippen LogP contribution >= 0.6 is 35.7 Å². The predicted molar refractivity (Wildman–Crippen MR) is 143 cm³/mol. The summed E-state index contributed by atoms with van der Waals surface area (Å²) in [5.74, 6) is 3.31. The molecule has 2 atom stereocenters. The monoisotopic (exact) mass is 559 g/mol. The number of hydrogen-bond acceptors (Lipinski definition) is 5. The van der Waals surface area contributed by atoms with Gasteiger partial charge in [0.1, 0.15) is 0 Å². The van der Waals surface area contributed by atoms with E-state index in [2.05, 4.69) is 68.4 Å². The van der Waals surface area contributed by atoms with Crippen LogP contribution in [0, 0.1) is 0 Å². The number of nitrogens with zero attached hydrogens (tertiary/aromatic N) is 3. The zero-order valence-corrected chi connectivity index (χ0v) is 22.1. The quantitative estimate of drug-likeness (QED) is 0.317. The molecule has 4 rings (SSSR count). The molecule has 3 aliphatic heterocycles. The fourth-order valence-corrected chi connectivity index (χ4v) is 6.31. The number of anilines is 1. The summed E-state index contributed by atoms with van der Waals surface area (Å²) in [5.41, 5.74) is 2.86. The van der Waals surface area contributed by atoms with Gasteiger partial charge in [0.2, 0.25) is 0 Å². The molecule has 2 N–H and O–H groups in total. The molecule has 0 bridgehead atoms. The zero-order chi connectivity index (χ0) is 20.8. The smallest absolute Gasteiger partial charge is 0.191 e. The molecule has 0 aliphatic carbocycles. The van der Waals surface area contributed by atoms with Crippen LogP contribution in [0.15, 0.2) is 29.3 Å². The fraction of sp³-hybridized carbons (Fsp3) is 0.696. The number of morpholine rings is 1. The summed E-state index contributed by atoms with van der Waals surface area (Å²) in [6.45, 7) is 9.28. The van der Waals surface area contributed by atoms with E-state index in [0.29, 0.717) is 0 Å². The molecule has 3 aliphatic rings. The molecule has 174 valence electrons. The minimum atomic E-state index is 0. The van der Waals surface area contributed by atoms with Crippen molar-refractivity contribution in [1.82, 2.24) is 15.5 Å². The van der Waals surface area contributed by atoms with Crippen LogP contribution in [0.2, 0.25) is 0 Å². The van der Waals surface area contributed by atoms with Crippen molar-refractivity contribution in [1.29, 1.82) is 0 Å². The van der Waals surface area contributed by atoms with Gasteiger partial charge in [0.15, 0.2) is 5.96 Å². The average molecular weight is 560 g/mol. The van der Waals surface area contributed by atoms with Gasteiger partial charge in [-0.2, -0.15) is 11.8 Å². The highest BCUT2D eigenvalue weighted by Crippen LogP contribution is 2.33. The second kappa shape index (κ2) is 12.0. The van der Waals surface area contributed by atoms with Crippen molar-refractivity contribution in [2.75, 3.05) is 69.4 Å². The Morgan fingerprint density at radius 2 is 2.00 bits per heavy atom. The first-order valence-corrected chi connectivity index (χ1v) is 12.6. The molecule has 31 heavy (non-hydrogen) atoms. The predicted octanol–water partition coefficient (Wildman–Crippen LogP) is 3.34. The summed E-state index contributed by atoms with van der Waals surface area (Å²) in [6, 6.07) is 9.17. The minimum absolute atomic E-state index is 0. The highest BCUT2D eigenvalue weighted by Gasteiger charge is 2.40. The summed E-state index contributed by atoms with van der Waals surface area (Å²) in [6.07, 6.45) is 3.84. The molecule has 8 heteroatoms. The van der Waals surface area contributed by atoms with E-state index in [0.717, 1.165) is 38.8 Å². The Labute approximate surface area is 209 Å². The summed E-state index contributed by atoms with van der Waals surface area (Å²) in [4.78, 5) is 9.66. The largest absolute Gasteiger partial charge is 0.379 e. The first-order valence-electron chi connectivity index (χ1n) is 11.4. The third-order valence-corrected chi connectivity index (χ3v) is 8.00. The molecule has 2 unspecified atom stereocenters. The molecule has 0 saturated carbocycles. The maximum Gasteiger partial charge on any atom is 0.191 e. The Bertz CT molecular complexity index is 716. The van der Waals surface area contributed by atoms with Crippen molar-refractivity contribution >= 4 is 47.4 Å². The maximum atomic E-state index is 5.59. The molecule has 6 nitrogen and oxygen atoms in total. The summed E-state index contributed by atoms with van der Waals surface area (Å²) in [5, 5.41) is 7.27. The van der Waals surface area contributed by atoms with Crippen molar-refractivity contribution in [2.45, 2.75) is 37.8 Å². The molecule has 3 fully saturated rings. The van der Waals surface area contributed by atoms with Crippen molar-refractivity contribution in [3.63, 3.8) is 0 Å². The molecule has 0 spiro atoms. The topological polar surface area (TPSA) is 52.1 Å². The number of benzene rings is 1. The zero-order valence-electron chi connectivity index (χ0n) is 18.9. The average Bonchev–Trinajstić information content (AvgIpc) is 3.50. The van der Waals surface area contributed by atoms with Gasteiger partial charge in [0, 0.05) is 56.8 Å². The van der Waals surface area contributed by atoms with Crippen LogP contribution in [-0.2, 0) is 4.74 Å². The second-order valence-electron chi connectivity index (χ2n) is 8.71. The fourth-order valence-electron chi connectivity index (χ4n) is 4.83. The number of hydrogen-bond donors (Lipinski definition) is 2. The Hall–Kier alpha value is -0.710. The van der Waals surface area contributed by atoms with Gasteiger partial charge in [-0.1, -0.05) is 12.1 Å². The van der Waals surface area contributed by atoms with Gasteiger partial charge >= 0.3 is 0 Å². The van der Waals surface area contributed by atoms with Gasteiger partial charge in [0.05, 0.1) is 19.3 Å². The number of guanidine groups is 1. The summed E-state index contributed by atoms with van der Waals surface area (Å²) >= 11 is 2.07.